The quantitative estimate of drug-likeness (QED) is 0.347. The molecule has 6 nitrogen and oxygen atoms in total. The molecule has 5 rings (SSSR count). The van der Waals surface area contributed by atoms with Crippen molar-refractivity contribution in [2.24, 2.45) is 10.2 Å². The number of azo groups is 1. The molecule has 29 heavy (non-hydrogen) atoms. The first-order chi connectivity index (χ1) is 14.1. The number of hydrogen-bond donors (Lipinski definition) is 2. The molecule has 0 unspecified atom stereocenters. The zero-order chi connectivity index (χ0) is 20.0. The Morgan fingerprint density at radius 3 is 2.59 bits per heavy atom. The number of aromatic amines is 1. The van der Waals surface area contributed by atoms with Gasteiger partial charge in [0.25, 0.3) is 0 Å². The van der Waals surface area contributed by atoms with E-state index in [2.05, 4.69) is 25.2 Å². The summed E-state index contributed by atoms with van der Waals surface area (Å²) in [6.45, 7) is 0. The molecule has 0 saturated carbocycles. The molecule has 0 amide bonds. The Labute approximate surface area is 166 Å². The van der Waals surface area contributed by atoms with Crippen LogP contribution >= 0.6 is 11.3 Å². The minimum Gasteiger partial charge on any atom is -0.493 e. The van der Waals surface area contributed by atoms with E-state index in [4.69, 9.17) is 0 Å². The van der Waals surface area contributed by atoms with Gasteiger partial charge in [-0.1, -0.05) is 12.1 Å². The van der Waals surface area contributed by atoms with Gasteiger partial charge in [-0.05, 0) is 35.9 Å². The molecule has 0 aliphatic rings. The molecule has 0 aliphatic carbocycles. The second kappa shape index (κ2) is 6.71. The van der Waals surface area contributed by atoms with Crippen LogP contribution in [0.2, 0.25) is 0 Å². The third-order valence-electron chi connectivity index (χ3n) is 4.46. The summed E-state index contributed by atoms with van der Waals surface area (Å²) in [4.78, 5) is 11.9. The Kier molecular flexibility index (Phi) is 4.02. The number of benzene rings is 2. The first kappa shape index (κ1) is 17.4. The molecule has 0 saturated heterocycles. The summed E-state index contributed by atoms with van der Waals surface area (Å²) >= 11 is 1.41. The summed E-state index contributed by atoms with van der Waals surface area (Å²) < 4.78 is 26.7. The van der Waals surface area contributed by atoms with Crippen LogP contribution in [0.15, 0.2) is 64.4 Å². The Morgan fingerprint density at radius 1 is 0.966 bits per heavy atom. The first-order valence-corrected chi connectivity index (χ1v) is 9.38. The molecule has 0 bridgehead atoms. The number of hydrogen-bond acceptors (Lipinski definition) is 6. The largest absolute Gasteiger partial charge is 0.493 e. The van der Waals surface area contributed by atoms with E-state index < -0.39 is 5.82 Å². The van der Waals surface area contributed by atoms with Gasteiger partial charge >= 0.3 is 0 Å². The van der Waals surface area contributed by atoms with Crippen molar-refractivity contribution in [3.05, 3.63) is 65.8 Å². The molecule has 5 aromatic rings. The van der Waals surface area contributed by atoms with Crippen LogP contribution in [-0.2, 0) is 0 Å². The van der Waals surface area contributed by atoms with Crippen molar-refractivity contribution in [2.75, 3.05) is 0 Å². The SMILES string of the molecule is Oc1[nH]c2cc(F)ccc2c1N=Nc1ncnc2scc(-c3ccc(F)cc3)c12. The summed E-state index contributed by atoms with van der Waals surface area (Å²) in [5.41, 5.74) is 2.20. The first-order valence-electron chi connectivity index (χ1n) is 8.50. The van der Waals surface area contributed by atoms with Crippen molar-refractivity contribution in [1.82, 2.24) is 15.0 Å². The number of halogens is 2. The number of aromatic hydroxyl groups is 1. The molecule has 3 heterocycles. The number of nitrogens with zero attached hydrogens (tertiary/aromatic N) is 4. The van der Waals surface area contributed by atoms with Gasteiger partial charge in [0.05, 0.1) is 10.9 Å². The number of nitrogens with one attached hydrogen (secondary N) is 1. The monoisotopic (exact) mass is 407 g/mol. The number of aromatic nitrogens is 3. The second-order valence-corrected chi connectivity index (χ2v) is 7.10. The van der Waals surface area contributed by atoms with Crippen LogP contribution in [0.25, 0.3) is 32.2 Å². The van der Waals surface area contributed by atoms with Gasteiger partial charge in [-0.25, -0.2) is 18.7 Å². The third-order valence-corrected chi connectivity index (χ3v) is 5.35. The third kappa shape index (κ3) is 3.01. The van der Waals surface area contributed by atoms with E-state index in [1.807, 2.05) is 5.38 Å². The van der Waals surface area contributed by atoms with E-state index in [-0.39, 0.29) is 17.4 Å². The second-order valence-electron chi connectivity index (χ2n) is 6.25. The molecule has 142 valence electrons. The molecule has 0 radical (unpaired) electrons. The number of H-pyrrole nitrogens is 1. The average Bonchev–Trinajstić information content (AvgIpc) is 3.27. The maximum absolute atomic E-state index is 13.4. The van der Waals surface area contributed by atoms with Crippen LogP contribution in [0, 0.1) is 11.6 Å². The zero-order valence-corrected chi connectivity index (χ0v) is 15.4. The van der Waals surface area contributed by atoms with Crippen molar-refractivity contribution in [3.8, 4) is 17.0 Å². The van der Waals surface area contributed by atoms with Gasteiger partial charge in [-0.15, -0.1) is 21.6 Å². The Hall–Kier alpha value is -3.72. The normalized spacial score (nSPS) is 11.8. The fourth-order valence-electron chi connectivity index (χ4n) is 3.12. The lowest BCUT2D eigenvalue weighted by atomic mass is 10.1. The van der Waals surface area contributed by atoms with E-state index in [1.165, 1.54) is 48.0 Å². The molecule has 9 heteroatoms. The highest BCUT2D eigenvalue weighted by Gasteiger charge is 2.15. The highest BCUT2D eigenvalue weighted by atomic mass is 32.1. The lowest BCUT2D eigenvalue weighted by molar-refractivity contribution is 0.459. The Balaban J connectivity index is 1.64. The molecule has 0 fully saturated rings. The Bertz CT molecular complexity index is 1390. The fraction of sp³-hybridized carbons (Fsp3) is 0. The molecule has 0 spiro atoms. The van der Waals surface area contributed by atoms with Gasteiger partial charge in [0.15, 0.2) is 11.5 Å². The van der Waals surface area contributed by atoms with Crippen molar-refractivity contribution in [2.45, 2.75) is 0 Å². The van der Waals surface area contributed by atoms with E-state index >= 15 is 0 Å². The molecular weight excluding hydrogens is 396 g/mol. The Morgan fingerprint density at radius 2 is 1.76 bits per heavy atom. The van der Waals surface area contributed by atoms with Crippen LogP contribution in [-0.4, -0.2) is 20.1 Å². The van der Waals surface area contributed by atoms with Crippen LogP contribution in [0.5, 0.6) is 5.88 Å². The van der Waals surface area contributed by atoms with Crippen molar-refractivity contribution in [1.29, 1.82) is 0 Å². The van der Waals surface area contributed by atoms with E-state index in [0.29, 0.717) is 26.9 Å². The van der Waals surface area contributed by atoms with Gasteiger partial charge in [-0.3, -0.25) is 0 Å². The maximum atomic E-state index is 13.4. The van der Waals surface area contributed by atoms with Gasteiger partial charge in [-0.2, -0.15) is 0 Å². The van der Waals surface area contributed by atoms with Crippen molar-refractivity contribution < 1.29 is 13.9 Å². The lowest BCUT2D eigenvalue weighted by Crippen LogP contribution is -1.82. The van der Waals surface area contributed by atoms with Crippen molar-refractivity contribution in [3.63, 3.8) is 0 Å². The molecule has 3 aromatic heterocycles. The maximum Gasteiger partial charge on any atom is 0.218 e. The molecule has 2 aromatic carbocycles. The van der Waals surface area contributed by atoms with Gasteiger partial charge in [0.1, 0.15) is 22.8 Å². The lowest BCUT2D eigenvalue weighted by Gasteiger charge is -2.01. The summed E-state index contributed by atoms with van der Waals surface area (Å²) in [7, 11) is 0. The van der Waals surface area contributed by atoms with E-state index in [9.17, 15) is 13.9 Å². The zero-order valence-electron chi connectivity index (χ0n) is 14.6. The number of thiophene rings is 1. The molecule has 0 aliphatic heterocycles. The average molecular weight is 407 g/mol. The van der Waals surface area contributed by atoms with Crippen molar-refractivity contribution >= 4 is 44.0 Å². The molecule has 0 atom stereocenters. The predicted octanol–water partition coefficient (Wildman–Crippen LogP) is 6.24. The highest BCUT2D eigenvalue weighted by molar-refractivity contribution is 7.17. The predicted molar refractivity (Wildman–Crippen MR) is 107 cm³/mol. The number of rotatable bonds is 3. The summed E-state index contributed by atoms with van der Waals surface area (Å²) in [5, 5.41) is 21.6. The topological polar surface area (TPSA) is 86.5 Å². The summed E-state index contributed by atoms with van der Waals surface area (Å²) in [5.74, 6) is -0.659. The smallest absolute Gasteiger partial charge is 0.218 e. The number of fused-ring (bicyclic) bond motifs is 2. The molecule has 2 N–H and O–H groups in total. The minimum absolute atomic E-state index is 0.185. The fourth-order valence-corrected chi connectivity index (χ4v) is 4.03. The van der Waals surface area contributed by atoms with Gasteiger partial charge in [0.2, 0.25) is 5.88 Å². The van der Waals surface area contributed by atoms with E-state index in [0.717, 1.165) is 11.1 Å². The van der Waals surface area contributed by atoms with Crippen LogP contribution in [0.3, 0.4) is 0 Å². The highest BCUT2D eigenvalue weighted by Crippen LogP contribution is 2.40. The van der Waals surface area contributed by atoms with Gasteiger partial charge in [0, 0.05) is 16.3 Å². The molecular formula is C20H11F2N5OS. The van der Waals surface area contributed by atoms with Gasteiger partial charge < -0.3 is 10.1 Å². The van der Waals surface area contributed by atoms with Crippen LogP contribution in [0.4, 0.5) is 20.3 Å². The standard InChI is InChI=1S/C20H11F2N5OS/c21-11-3-1-10(2-4-11)14-8-29-20-16(14)18(23-9-24-20)27-26-17-13-6-5-12(22)7-15(13)25-19(17)28/h1-9,25,28H. The summed E-state index contributed by atoms with van der Waals surface area (Å²) in [6.07, 6.45) is 1.38. The van der Waals surface area contributed by atoms with Crippen LogP contribution < -0.4 is 0 Å². The van der Waals surface area contributed by atoms with Crippen LogP contribution in [0.1, 0.15) is 0 Å². The van der Waals surface area contributed by atoms with E-state index in [1.54, 1.807) is 12.1 Å². The minimum atomic E-state index is -0.429. The summed E-state index contributed by atoms with van der Waals surface area (Å²) in [6, 6.07) is 10.2.